The minimum absolute atomic E-state index is 0.0940. The van der Waals surface area contributed by atoms with Gasteiger partial charge in [-0.15, -0.1) is 0 Å². The monoisotopic (exact) mass is 150 g/mol. The average molecular weight is 150 g/mol. The van der Waals surface area contributed by atoms with Gasteiger partial charge >= 0.3 is 0 Å². The maximum absolute atomic E-state index is 8.87. The van der Waals surface area contributed by atoms with Crippen molar-refractivity contribution in [1.82, 2.24) is 0 Å². The van der Waals surface area contributed by atoms with Crippen LogP contribution in [0, 0.1) is 0 Å². The molecule has 0 aliphatic carbocycles. The second kappa shape index (κ2) is 5.61. The Hall–Kier alpha value is -0.160. The third-order valence-corrected chi connectivity index (χ3v) is 1.14. The van der Waals surface area contributed by atoms with Crippen molar-refractivity contribution in [2.75, 3.05) is 19.8 Å². The highest BCUT2D eigenvalue weighted by molar-refractivity contribution is 4.61. The van der Waals surface area contributed by atoms with Gasteiger partial charge in [-0.25, -0.2) is 0 Å². The van der Waals surface area contributed by atoms with E-state index in [1.54, 1.807) is 0 Å². The molecule has 0 saturated heterocycles. The molecular weight excluding hydrogens is 136 g/mol. The number of hydrogen-bond donors (Lipinski definition) is 3. The maximum atomic E-state index is 8.87. The first-order valence-corrected chi connectivity index (χ1v) is 3.23. The number of hydrogen-bond acceptors (Lipinski definition) is 4. The van der Waals surface area contributed by atoms with Gasteiger partial charge in [-0.05, 0) is 6.92 Å². The summed E-state index contributed by atoms with van der Waals surface area (Å²) in [4.78, 5) is 0. The van der Waals surface area contributed by atoms with Crippen molar-refractivity contribution in [2.24, 2.45) is 0 Å². The van der Waals surface area contributed by atoms with Crippen LogP contribution in [0.2, 0.25) is 0 Å². The van der Waals surface area contributed by atoms with Crippen molar-refractivity contribution in [1.29, 1.82) is 0 Å². The lowest BCUT2D eigenvalue weighted by atomic mass is 10.2. The standard InChI is InChI=1S/C6H14O4/c1-5(9)6(4-8)10-3-2-7/h5-9H,2-4H2,1H3. The molecule has 0 bridgehead atoms. The number of aliphatic hydroxyl groups excluding tert-OH is 3. The first-order valence-electron chi connectivity index (χ1n) is 3.23. The Morgan fingerprint density at radius 3 is 2.30 bits per heavy atom. The minimum atomic E-state index is -0.698. The Morgan fingerprint density at radius 2 is 2.00 bits per heavy atom. The van der Waals surface area contributed by atoms with E-state index in [1.165, 1.54) is 6.92 Å². The van der Waals surface area contributed by atoms with Crippen LogP contribution >= 0.6 is 0 Å². The van der Waals surface area contributed by atoms with Gasteiger partial charge in [-0.1, -0.05) is 0 Å². The van der Waals surface area contributed by atoms with Crippen molar-refractivity contribution in [3.8, 4) is 0 Å². The van der Waals surface area contributed by atoms with Gasteiger partial charge in [-0.3, -0.25) is 0 Å². The molecule has 0 aromatic rings. The molecule has 2 atom stereocenters. The van der Waals surface area contributed by atoms with Crippen LogP contribution in [0.5, 0.6) is 0 Å². The smallest absolute Gasteiger partial charge is 0.106 e. The summed E-state index contributed by atoms with van der Waals surface area (Å²) >= 11 is 0. The van der Waals surface area contributed by atoms with E-state index in [0.717, 1.165) is 0 Å². The average Bonchev–Trinajstić information content (AvgIpc) is 1.89. The molecule has 0 aliphatic rings. The van der Waals surface area contributed by atoms with E-state index in [-0.39, 0.29) is 19.8 Å². The van der Waals surface area contributed by atoms with Crippen molar-refractivity contribution in [3.63, 3.8) is 0 Å². The molecule has 0 aromatic carbocycles. The summed E-state index contributed by atoms with van der Waals surface area (Å²) in [5.41, 5.74) is 0. The lowest BCUT2D eigenvalue weighted by Crippen LogP contribution is -2.30. The Bertz CT molecular complexity index is 74.1. The van der Waals surface area contributed by atoms with Gasteiger partial charge in [0.1, 0.15) is 6.10 Å². The van der Waals surface area contributed by atoms with Crippen LogP contribution < -0.4 is 0 Å². The molecule has 4 heteroatoms. The Balaban J connectivity index is 3.40. The van der Waals surface area contributed by atoms with Gasteiger partial charge in [0.25, 0.3) is 0 Å². The quantitative estimate of drug-likeness (QED) is 0.457. The van der Waals surface area contributed by atoms with Crippen LogP contribution in [0.3, 0.4) is 0 Å². The van der Waals surface area contributed by atoms with E-state index in [0.29, 0.717) is 0 Å². The first-order chi connectivity index (χ1) is 4.72. The highest BCUT2D eigenvalue weighted by Crippen LogP contribution is 1.96. The molecule has 0 heterocycles. The van der Waals surface area contributed by atoms with E-state index in [9.17, 15) is 0 Å². The normalized spacial score (nSPS) is 16.8. The summed E-state index contributed by atoms with van der Waals surface area (Å²) in [5.74, 6) is 0. The zero-order valence-electron chi connectivity index (χ0n) is 6.03. The third kappa shape index (κ3) is 3.79. The fourth-order valence-electron chi connectivity index (χ4n) is 0.549. The molecule has 3 N–H and O–H groups in total. The molecule has 0 saturated carbocycles. The van der Waals surface area contributed by atoms with E-state index < -0.39 is 12.2 Å². The van der Waals surface area contributed by atoms with Gasteiger partial charge in [0.15, 0.2) is 0 Å². The minimum Gasteiger partial charge on any atom is -0.394 e. The van der Waals surface area contributed by atoms with Crippen molar-refractivity contribution in [3.05, 3.63) is 0 Å². The second-order valence-corrected chi connectivity index (χ2v) is 2.06. The molecule has 0 fully saturated rings. The zero-order chi connectivity index (χ0) is 7.98. The van der Waals surface area contributed by atoms with E-state index >= 15 is 0 Å². The number of rotatable bonds is 5. The molecule has 0 amide bonds. The lowest BCUT2D eigenvalue weighted by Gasteiger charge is -2.16. The van der Waals surface area contributed by atoms with Gasteiger partial charge in [0.05, 0.1) is 25.9 Å². The molecule has 0 rings (SSSR count). The van der Waals surface area contributed by atoms with Crippen LogP contribution in [-0.4, -0.2) is 47.3 Å². The predicted molar refractivity (Wildman–Crippen MR) is 35.6 cm³/mol. The topological polar surface area (TPSA) is 69.9 Å². The maximum Gasteiger partial charge on any atom is 0.106 e. The SMILES string of the molecule is CC(O)C(CO)OCCO. The molecule has 0 spiro atoms. The molecule has 0 radical (unpaired) electrons. The fourth-order valence-corrected chi connectivity index (χ4v) is 0.549. The van der Waals surface area contributed by atoms with Gasteiger partial charge in [0.2, 0.25) is 0 Å². The van der Waals surface area contributed by atoms with E-state index in [1.807, 2.05) is 0 Å². The molecule has 0 aliphatic heterocycles. The lowest BCUT2D eigenvalue weighted by molar-refractivity contribution is -0.0644. The third-order valence-electron chi connectivity index (χ3n) is 1.14. The van der Waals surface area contributed by atoms with Crippen LogP contribution in [0.4, 0.5) is 0 Å². The summed E-state index contributed by atoms with van der Waals surface area (Å²) in [6.07, 6.45) is -1.27. The van der Waals surface area contributed by atoms with Crippen LogP contribution in [0.25, 0.3) is 0 Å². The highest BCUT2D eigenvalue weighted by atomic mass is 16.5. The molecular formula is C6H14O4. The van der Waals surface area contributed by atoms with Gasteiger partial charge in [-0.2, -0.15) is 0 Å². The Morgan fingerprint density at radius 1 is 1.40 bits per heavy atom. The fraction of sp³-hybridized carbons (Fsp3) is 1.00. The van der Waals surface area contributed by atoms with Gasteiger partial charge in [0, 0.05) is 0 Å². The van der Waals surface area contributed by atoms with Crippen molar-refractivity contribution >= 4 is 0 Å². The van der Waals surface area contributed by atoms with Crippen molar-refractivity contribution in [2.45, 2.75) is 19.1 Å². The number of aliphatic hydroxyl groups is 3. The first kappa shape index (κ1) is 9.84. The Labute approximate surface area is 60.1 Å². The van der Waals surface area contributed by atoms with Crippen LogP contribution in [-0.2, 0) is 4.74 Å². The van der Waals surface area contributed by atoms with Crippen molar-refractivity contribution < 1.29 is 20.1 Å². The summed E-state index contributed by atoms with van der Waals surface area (Å²) in [6.45, 7) is 1.36. The highest BCUT2D eigenvalue weighted by Gasteiger charge is 2.12. The molecule has 62 valence electrons. The van der Waals surface area contributed by atoms with Crippen LogP contribution in [0.1, 0.15) is 6.92 Å². The van der Waals surface area contributed by atoms with E-state index in [4.69, 9.17) is 20.1 Å². The van der Waals surface area contributed by atoms with E-state index in [2.05, 4.69) is 0 Å². The molecule has 4 nitrogen and oxygen atoms in total. The molecule has 0 aromatic heterocycles. The summed E-state index contributed by atoms with van der Waals surface area (Å²) < 4.78 is 4.85. The summed E-state index contributed by atoms with van der Waals surface area (Å²) in [5, 5.41) is 25.7. The Kier molecular flexibility index (Phi) is 5.52. The van der Waals surface area contributed by atoms with Crippen LogP contribution in [0.15, 0.2) is 0 Å². The number of ether oxygens (including phenoxy) is 1. The summed E-state index contributed by atoms with van der Waals surface area (Å²) in [7, 11) is 0. The predicted octanol–water partition coefficient (Wildman–Crippen LogP) is -1.26. The zero-order valence-corrected chi connectivity index (χ0v) is 6.03. The largest absolute Gasteiger partial charge is 0.394 e. The molecule has 10 heavy (non-hydrogen) atoms. The summed E-state index contributed by atoms with van der Waals surface area (Å²) in [6, 6.07) is 0. The van der Waals surface area contributed by atoms with Gasteiger partial charge < -0.3 is 20.1 Å². The second-order valence-electron chi connectivity index (χ2n) is 2.06. The molecule has 2 unspecified atom stereocenters.